The van der Waals surface area contributed by atoms with Gasteiger partial charge in [0.25, 0.3) is 0 Å². The molecular weight excluding hydrogens is 172 g/mol. The Hall–Kier alpha value is -0.560. The number of aliphatic hydroxyl groups is 1. The maximum absolute atomic E-state index is 9.59. The van der Waals surface area contributed by atoms with E-state index >= 15 is 0 Å². The molecule has 0 heterocycles. The van der Waals surface area contributed by atoms with Crippen molar-refractivity contribution in [2.75, 3.05) is 0 Å². The number of hydrogen-bond acceptors (Lipinski definition) is 1. The second-order valence-electron chi connectivity index (χ2n) is 5.27. The molecule has 0 amide bonds. The molecule has 2 aliphatic carbocycles. The van der Waals surface area contributed by atoms with Crippen LogP contribution in [0.2, 0.25) is 0 Å². The van der Waals surface area contributed by atoms with Crippen LogP contribution in [0.25, 0.3) is 0 Å². The lowest BCUT2D eigenvalue weighted by molar-refractivity contribution is 0.0690. The Bertz CT molecular complexity index is 289. The van der Waals surface area contributed by atoms with Crippen molar-refractivity contribution in [1.82, 2.24) is 0 Å². The molecule has 1 heteroatoms. The van der Waals surface area contributed by atoms with Crippen molar-refractivity contribution < 1.29 is 5.11 Å². The van der Waals surface area contributed by atoms with Crippen LogP contribution in [0, 0.1) is 0 Å². The summed E-state index contributed by atoms with van der Waals surface area (Å²) in [6.07, 6.45) is 9.47. The number of fused-ring (bicyclic) bond motifs is 2. The van der Waals surface area contributed by atoms with Crippen molar-refractivity contribution in [3.05, 3.63) is 22.8 Å². The highest BCUT2D eigenvalue weighted by Gasteiger charge is 2.22. The Morgan fingerprint density at radius 3 is 2.64 bits per heavy atom. The van der Waals surface area contributed by atoms with Crippen molar-refractivity contribution >= 4 is 0 Å². The van der Waals surface area contributed by atoms with E-state index in [2.05, 4.69) is 6.08 Å². The van der Waals surface area contributed by atoms with Gasteiger partial charge in [0.1, 0.15) is 0 Å². The average molecular weight is 192 g/mol. The molecule has 1 saturated carbocycles. The van der Waals surface area contributed by atoms with Crippen LogP contribution in [0.1, 0.15) is 52.4 Å². The average Bonchev–Trinajstić information content (AvgIpc) is 2.62. The van der Waals surface area contributed by atoms with Crippen molar-refractivity contribution in [3.63, 3.8) is 0 Å². The molecule has 0 saturated heterocycles. The summed E-state index contributed by atoms with van der Waals surface area (Å²) in [4.78, 5) is 0. The fourth-order valence-electron chi connectivity index (χ4n) is 2.47. The minimum Gasteiger partial charge on any atom is -0.390 e. The first-order valence-electron chi connectivity index (χ1n) is 5.67. The molecule has 2 bridgehead atoms. The second-order valence-corrected chi connectivity index (χ2v) is 5.27. The molecule has 1 fully saturated rings. The Morgan fingerprint density at radius 2 is 2.14 bits per heavy atom. The molecule has 2 rings (SSSR count). The lowest BCUT2D eigenvalue weighted by Crippen LogP contribution is -2.17. The molecule has 0 aliphatic heterocycles. The lowest BCUT2D eigenvalue weighted by Gasteiger charge is -2.17. The summed E-state index contributed by atoms with van der Waals surface area (Å²) in [6, 6.07) is 0. The Labute approximate surface area is 86.5 Å². The zero-order valence-electron chi connectivity index (χ0n) is 9.27. The summed E-state index contributed by atoms with van der Waals surface area (Å²) in [5.41, 5.74) is 4.40. The first kappa shape index (κ1) is 9.97. The highest BCUT2D eigenvalue weighted by Crippen LogP contribution is 2.40. The first-order valence-corrected chi connectivity index (χ1v) is 5.67. The van der Waals surface area contributed by atoms with E-state index in [9.17, 15) is 5.11 Å². The minimum atomic E-state index is -0.490. The van der Waals surface area contributed by atoms with Crippen LogP contribution in [0.15, 0.2) is 22.8 Å². The molecule has 0 aromatic carbocycles. The van der Waals surface area contributed by atoms with Gasteiger partial charge < -0.3 is 5.11 Å². The van der Waals surface area contributed by atoms with Gasteiger partial charge in [-0.15, -0.1) is 0 Å². The normalized spacial score (nSPS) is 20.6. The standard InChI is InChI=1S/C13H20O/c1-13(2,14)7-3-4-11-8-10-5-6-12(11)9-10/h8,14H,3-7,9H2,1-2H3. The Morgan fingerprint density at radius 1 is 1.36 bits per heavy atom. The van der Waals surface area contributed by atoms with Crippen LogP contribution in [-0.2, 0) is 0 Å². The largest absolute Gasteiger partial charge is 0.390 e. The maximum Gasteiger partial charge on any atom is 0.0591 e. The molecular formula is C13H20O. The topological polar surface area (TPSA) is 20.2 Å². The van der Waals surface area contributed by atoms with Gasteiger partial charge in [0.2, 0.25) is 0 Å². The highest BCUT2D eigenvalue weighted by atomic mass is 16.3. The van der Waals surface area contributed by atoms with Gasteiger partial charge in [-0.25, -0.2) is 0 Å². The van der Waals surface area contributed by atoms with E-state index in [4.69, 9.17) is 0 Å². The smallest absolute Gasteiger partial charge is 0.0591 e. The summed E-state index contributed by atoms with van der Waals surface area (Å²) in [6.45, 7) is 3.79. The molecule has 1 N–H and O–H groups in total. The van der Waals surface area contributed by atoms with Crippen LogP contribution >= 0.6 is 0 Å². The van der Waals surface area contributed by atoms with Crippen LogP contribution in [0.4, 0.5) is 0 Å². The third-order valence-electron chi connectivity index (χ3n) is 3.26. The van der Waals surface area contributed by atoms with E-state index in [1.54, 1.807) is 16.7 Å². The lowest BCUT2D eigenvalue weighted by atomic mass is 9.96. The van der Waals surface area contributed by atoms with E-state index in [0.29, 0.717) is 0 Å². The Balaban J connectivity index is 1.80. The predicted molar refractivity (Wildman–Crippen MR) is 59.1 cm³/mol. The fourth-order valence-corrected chi connectivity index (χ4v) is 2.47. The zero-order chi connectivity index (χ0) is 10.2. The van der Waals surface area contributed by atoms with Gasteiger partial charge in [0, 0.05) is 0 Å². The van der Waals surface area contributed by atoms with Crippen LogP contribution in [0.5, 0.6) is 0 Å². The quantitative estimate of drug-likeness (QED) is 0.724. The van der Waals surface area contributed by atoms with E-state index < -0.39 is 5.60 Å². The van der Waals surface area contributed by atoms with Crippen molar-refractivity contribution in [3.8, 4) is 0 Å². The highest BCUT2D eigenvalue weighted by molar-refractivity contribution is 5.43. The van der Waals surface area contributed by atoms with Crippen LogP contribution in [-0.4, -0.2) is 10.7 Å². The van der Waals surface area contributed by atoms with Gasteiger partial charge in [0.15, 0.2) is 0 Å². The molecule has 0 unspecified atom stereocenters. The predicted octanol–water partition coefficient (Wildman–Crippen LogP) is 3.35. The van der Waals surface area contributed by atoms with Crippen molar-refractivity contribution in [2.24, 2.45) is 0 Å². The summed E-state index contributed by atoms with van der Waals surface area (Å²) >= 11 is 0. The second kappa shape index (κ2) is 3.54. The number of allylic oxidation sites excluding steroid dienone is 4. The monoisotopic (exact) mass is 192 g/mol. The SMILES string of the molecule is CC(C)(O)CCCC1=C2CCC(=C1)C2. The molecule has 0 radical (unpaired) electrons. The van der Waals surface area contributed by atoms with E-state index in [0.717, 1.165) is 12.8 Å². The maximum atomic E-state index is 9.59. The summed E-state index contributed by atoms with van der Waals surface area (Å²) in [5, 5.41) is 9.59. The van der Waals surface area contributed by atoms with Crippen molar-refractivity contribution in [2.45, 2.75) is 58.0 Å². The summed E-state index contributed by atoms with van der Waals surface area (Å²) in [7, 11) is 0. The Kier molecular flexibility index (Phi) is 2.52. The van der Waals surface area contributed by atoms with Crippen LogP contribution in [0.3, 0.4) is 0 Å². The summed E-state index contributed by atoms with van der Waals surface area (Å²) < 4.78 is 0. The molecule has 0 aromatic rings. The van der Waals surface area contributed by atoms with Crippen molar-refractivity contribution in [1.29, 1.82) is 0 Å². The molecule has 1 nitrogen and oxygen atoms in total. The molecule has 14 heavy (non-hydrogen) atoms. The molecule has 78 valence electrons. The number of hydrogen-bond donors (Lipinski definition) is 1. The van der Waals surface area contributed by atoms with Gasteiger partial charge >= 0.3 is 0 Å². The molecule has 2 aliphatic rings. The van der Waals surface area contributed by atoms with Gasteiger partial charge in [0.05, 0.1) is 5.60 Å². The molecule has 0 atom stereocenters. The van der Waals surface area contributed by atoms with Crippen LogP contribution < -0.4 is 0 Å². The van der Waals surface area contributed by atoms with Gasteiger partial charge in [-0.05, 0) is 57.9 Å². The minimum absolute atomic E-state index is 0.490. The zero-order valence-corrected chi connectivity index (χ0v) is 9.27. The fraction of sp³-hybridized carbons (Fsp3) is 0.692. The summed E-state index contributed by atoms with van der Waals surface area (Å²) in [5.74, 6) is 0. The van der Waals surface area contributed by atoms with E-state index in [1.165, 1.54) is 25.7 Å². The van der Waals surface area contributed by atoms with Gasteiger partial charge in [-0.3, -0.25) is 0 Å². The van der Waals surface area contributed by atoms with Gasteiger partial charge in [-0.2, -0.15) is 0 Å². The number of rotatable bonds is 4. The third-order valence-corrected chi connectivity index (χ3v) is 3.26. The van der Waals surface area contributed by atoms with E-state index in [1.807, 2.05) is 13.8 Å². The molecule has 0 spiro atoms. The van der Waals surface area contributed by atoms with E-state index in [-0.39, 0.29) is 0 Å². The first-order chi connectivity index (χ1) is 6.54. The third kappa shape index (κ3) is 2.27. The molecule has 0 aromatic heterocycles. The van der Waals surface area contributed by atoms with Gasteiger partial charge in [-0.1, -0.05) is 17.2 Å².